The van der Waals surface area contributed by atoms with E-state index < -0.39 is 23.5 Å². The van der Waals surface area contributed by atoms with Crippen LogP contribution in [0.2, 0.25) is 0 Å². The summed E-state index contributed by atoms with van der Waals surface area (Å²) in [6.45, 7) is 5.89. The molecule has 0 unspecified atom stereocenters. The molecule has 0 heterocycles. The van der Waals surface area contributed by atoms with E-state index in [2.05, 4.69) is 5.32 Å². The predicted octanol–water partition coefficient (Wildman–Crippen LogP) is 4.86. The lowest BCUT2D eigenvalue weighted by molar-refractivity contribution is -0.124. The van der Waals surface area contributed by atoms with Gasteiger partial charge >= 0.3 is 6.09 Å². The molecule has 0 aliphatic rings. The third-order valence-electron chi connectivity index (χ3n) is 4.76. The molecule has 0 aliphatic carbocycles. The highest BCUT2D eigenvalue weighted by Gasteiger charge is 2.33. The summed E-state index contributed by atoms with van der Waals surface area (Å²) >= 11 is 0. The number of ether oxygens (including phenoxy) is 1. The fraction of sp³-hybridized carbons (Fsp3) is 0.304. The van der Waals surface area contributed by atoms with Gasteiger partial charge < -0.3 is 9.84 Å². The highest BCUT2D eigenvalue weighted by atomic mass is 16.6. The molecule has 0 saturated carbocycles. The Labute approximate surface area is 176 Å². The molecule has 4 N–H and O–H groups in total. The Morgan fingerprint density at radius 3 is 2.33 bits per heavy atom. The highest BCUT2D eigenvalue weighted by Crippen LogP contribution is 2.41. The van der Waals surface area contributed by atoms with Crippen LogP contribution in [-0.4, -0.2) is 22.3 Å². The minimum absolute atomic E-state index is 0.123. The molecule has 160 valence electrons. The van der Waals surface area contributed by atoms with E-state index in [4.69, 9.17) is 9.94 Å². The molecular formula is C23H28N2O5. The predicted molar refractivity (Wildman–Crippen MR) is 114 cm³/mol. The van der Waals surface area contributed by atoms with Crippen LogP contribution in [0.15, 0.2) is 60.7 Å². The van der Waals surface area contributed by atoms with Crippen molar-refractivity contribution in [3.63, 3.8) is 0 Å². The zero-order valence-corrected chi connectivity index (χ0v) is 17.4. The number of rotatable bonds is 8. The van der Waals surface area contributed by atoms with E-state index in [0.29, 0.717) is 18.5 Å². The number of benzene rings is 2. The third-order valence-corrected chi connectivity index (χ3v) is 4.76. The molecule has 1 atom stereocenters. The lowest BCUT2D eigenvalue weighted by atomic mass is 9.78. The summed E-state index contributed by atoms with van der Waals surface area (Å²) < 4.78 is 5.80. The zero-order valence-electron chi connectivity index (χ0n) is 17.4. The van der Waals surface area contributed by atoms with E-state index in [1.165, 1.54) is 6.08 Å². The van der Waals surface area contributed by atoms with Gasteiger partial charge in [-0.2, -0.15) is 0 Å². The lowest BCUT2D eigenvalue weighted by Crippen LogP contribution is -2.29. The molecule has 0 saturated heterocycles. The average Bonchev–Trinajstić information content (AvgIpc) is 2.71. The van der Waals surface area contributed by atoms with Gasteiger partial charge in [0.1, 0.15) is 11.9 Å². The summed E-state index contributed by atoms with van der Waals surface area (Å²) in [7, 11) is 0. The van der Waals surface area contributed by atoms with Gasteiger partial charge in [-0.25, -0.2) is 10.3 Å². The van der Waals surface area contributed by atoms with Crippen LogP contribution in [-0.2, 0) is 9.53 Å². The van der Waals surface area contributed by atoms with Crippen LogP contribution >= 0.6 is 0 Å². The number of aryl methyl sites for hydroxylation is 1. The van der Waals surface area contributed by atoms with Crippen molar-refractivity contribution in [1.29, 1.82) is 0 Å². The molecule has 2 rings (SSSR count). The van der Waals surface area contributed by atoms with Gasteiger partial charge in [-0.05, 0) is 49.6 Å². The second-order valence-electron chi connectivity index (χ2n) is 7.77. The van der Waals surface area contributed by atoms with Crippen LogP contribution in [0.25, 0.3) is 0 Å². The third kappa shape index (κ3) is 6.93. The Bertz CT molecular complexity index is 873. The lowest BCUT2D eigenvalue weighted by Gasteiger charge is -2.34. The fourth-order valence-electron chi connectivity index (χ4n) is 3.03. The molecule has 7 heteroatoms. The second kappa shape index (κ2) is 10.5. The van der Waals surface area contributed by atoms with E-state index in [9.17, 15) is 14.7 Å². The van der Waals surface area contributed by atoms with Gasteiger partial charge in [0.25, 0.3) is 5.91 Å². The molecule has 2 aromatic rings. The van der Waals surface area contributed by atoms with Crippen LogP contribution in [0.1, 0.15) is 43.9 Å². The van der Waals surface area contributed by atoms with Crippen molar-refractivity contribution in [3.8, 4) is 5.75 Å². The Balaban J connectivity index is 2.15. The minimum Gasteiger partial charge on any atom is -0.508 e. The van der Waals surface area contributed by atoms with Gasteiger partial charge in [-0.1, -0.05) is 49.8 Å². The van der Waals surface area contributed by atoms with Crippen LogP contribution in [0.5, 0.6) is 5.75 Å². The van der Waals surface area contributed by atoms with Gasteiger partial charge in [0.05, 0.1) is 0 Å². The van der Waals surface area contributed by atoms with Crippen LogP contribution in [0.3, 0.4) is 0 Å². The average molecular weight is 412 g/mol. The van der Waals surface area contributed by atoms with E-state index >= 15 is 0 Å². The Morgan fingerprint density at radius 2 is 1.73 bits per heavy atom. The number of phenolic OH excluding ortho intramolecular Hbond substituents is 1. The molecule has 0 bridgehead atoms. The molecule has 30 heavy (non-hydrogen) atoms. The number of anilines is 1. The SMILES string of the molecule is Cc1ccc(NC(=O)O[C@H](c2ccc(O)cc2)C(C)(C)CC/C=C/C(=O)NO)cc1. The smallest absolute Gasteiger partial charge is 0.412 e. The maximum Gasteiger partial charge on any atom is 0.412 e. The number of amides is 2. The Kier molecular flexibility index (Phi) is 8.00. The van der Waals surface area contributed by atoms with Gasteiger partial charge in [-0.3, -0.25) is 15.3 Å². The van der Waals surface area contributed by atoms with Crippen LogP contribution in [0, 0.1) is 12.3 Å². The quantitative estimate of drug-likeness (QED) is 0.281. The first-order valence-corrected chi connectivity index (χ1v) is 9.65. The fourth-order valence-corrected chi connectivity index (χ4v) is 3.03. The number of hydrogen-bond acceptors (Lipinski definition) is 5. The number of hydrogen-bond donors (Lipinski definition) is 4. The van der Waals surface area contributed by atoms with E-state index in [-0.39, 0.29) is 5.75 Å². The molecule has 2 aromatic carbocycles. The standard InChI is InChI=1S/C23H28N2O5/c1-16-7-11-18(12-8-16)24-22(28)30-21(17-9-13-19(26)14-10-17)23(2,3)15-5-4-6-20(27)25-29/h4,6-14,21,26,29H,5,15H2,1-3H3,(H,24,28)(H,25,27)/b6-4+/t21-/m1/s1. The molecule has 0 spiro atoms. The van der Waals surface area contributed by atoms with Crippen molar-refractivity contribution in [2.45, 2.75) is 39.7 Å². The monoisotopic (exact) mass is 412 g/mol. The molecule has 0 aliphatic heterocycles. The van der Waals surface area contributed by atoms with Crippen LogP contribution < -0.4 is 10.8 Å². The Hall–Kier alpha value is -3.32. The number of allylic oxidation sites excluding steroid dienone is 1. The van der Waals surface area contributed by atoms with Crippen molar-refractivity contribution >= 4 is 17.7 Å². The number of carbonyl (C=O) groups is 2. The van der Waals surface area contributed by atoms with E-state index in [0.717, 1.165) is 11.1 Å². The summed E-state index contributed by atoms with van der Waals surface area (Å²) in [5.74, 6) is -0.478. The van der Waals surface area contributed by atoms with Crippen molar-refractivity contribution in [2.75, 3.05) is 5.32 Å². The first-order valence-electron chi connectivity index (χ1n) is 9.65. The van der Waals surface area contributed by atoms with Crippen molar-refractivity contribution in [2.24, 2.45) is 5.41 Å². The number of phenols is 1. The molecule has 0 aromatic heterocycles. The molecule has 7 nitrogen and oxygen atoms in total. The molecular weight excluding hydrogens is 384 g/mol. The van der Waals surface area contributed by atoms with Gasteiger partial charge in [0.15, 0.2) is 0 Å². The Morgan fingerprint density at radius 1 is 1.10 bits per heavy atom. The summed E-state index contributed by atoms with van der Waals surface area (Å²) in [6, 6.07) is 13.9. The summed E-state index contributed by atoms with van der Waals surface area (Å²) in [5.41, 5.74) is 3.52. The molecule has 0 radical (unpaired) electrons. The van der Waals surface area contributed by atoms with Crippen molar-refractivity contribution in [1.82, 2.24) is 5.48 Å². The van der Waals surface area contributed by atoms with Crippen molar-refractivity contribution in [3.05, 3.63) is 71.8 Å². The number of nitrogens with one attached hydrogen (secondary N) is 2. The molecule has 0 fully saturated rings. The first-order chi connectivity index (χ1) is 14.2. The molecule has 2 amide bonds. The maximum absolute atomic E-state index is 12.6. The van der Waals surface area contributed by atoms with Gasteiger partial charge in [0.2, 0.25) is 0 Å². The van der Waals surface area contributed by atoms with Gasteiger partial charge in [0, 0.05) is 17.2 Å². The van der Waals surface area contributed by atoms with Crippen LogP contribution in [0.4, 0.5) is 10.5 Å². The zero-order chi connectivity index (χ0) is 22.1. The first kappa shape index (κ1) is 23.0. The number of carbonyl (C=O) groups excluding carboxylic acids is 2. The summed E-state index contributed by atoms with van der Waals surface area (Å²) in [6.07, 6.45) is 2.86. The minimum atomic E-state index is -0.600. The second-order valence-corrected chi connectivity index (χ2v) is 7.77. The number of aromatic hydroxyl groups is 1. The summed E-state index contributed by atoms with van der Waals surface area (Å²) in [5, 5.41) is 20.9. The van der Waals surface area contributed by atoms with Crippen molar-refractivity contribution < 1.29 is 24.6 Å². The number of hydroxylamine groups is 1. The van der Waals surface area contributed by atoms with Gasteiger partial charge in [-0.15, -0.1) is 0 Å². The largest absolute Gasteiger partial charge is 0.508 e. The van der Waals surface area contributed by atoms with E-state index in [1.807, 2.05) is 32.9 Å². The van der Waals surface area contributed by atoms with E-state index in [1.54, 1.807) is 48.0 Å². The normalized spacial score (nSPS) is 12.4. The topological polar surface area (TPSA) is 108 Å². The maximum atomic E-state index is 12.6. The summed E-state index contributed by atoms with van der Waals surface area (Å²) in [4.78, 5) is 23.7. The highest BCUT2D eigenvalue weighted by molar-refractivity contribution is 5.86.